The SMILES string of the molecule is c1ccc2c(c1)sc1cc(N(c3ccc4c(c3)sc3ccccc34)c3ccc4ccc5sc6ccccc6c5c4c3)ccc12. The topological polar surface area (TPSA) is 3.24 Å². The molecule has 0 N–H and O–H groups in total. The van der Waals surface area contributed by atoms with Crippen molar-refractivity contribution in [2.24, 2.45) is 0 Å². The minimum atomic E-state index is 1.17. The zero-order valence-electron chi connectivity index (χ0n) is 23.5. The van der Waals surface area contributed by atoms with E-state index in [0.29, 0.717) is 0 Å². The van der Waals surface area contributed by atoms with Crippen LogP contribution in [0.2, 0.25) is 0 Å². The molecule has 0 spiro atoms. The molecule has 0 aliphatic rings. The highest BCUT2D eigenvalue weighted by atomic mass is 32.1. The van der Waals surface area contributed by atoms with E-state index >= 15 is 0 Å². The van der Waals surface area contributed by atoms with Gasteiger partial charge in [0.15, 0.2) is 0 Å². The van der Waals surface area contributed by atoms with Crippen molar-refractivity contribution in [3.63, 3.8) is 0 Å². The maximum absolute atomic E-state index is 2.44. The zero-order valence-corrected chi connectivity index (χ0v) is 25.9. The first-order chi connectivity index (χ1) is 21.8. The van der Waals surface area contributed by atoms with E-state index in [-0.39, 0.29) is 0 Å². The largest absolute Gasteiger partial charge is 0.310 e. The van der Waals surface area contributed by atoms with Crippen LogP contribution in [0.5, 0.6) is 0 Å². The lowest BCUT2D eigenvalue weighted by molar-refractivity contribution is 1.30. The summed E-state index contributed by atoms with van der Waals surface area (Å²) in [7, 11) is 0. The Bertz CT molecular complexity index is 2630. The second kappa shape index (κ2) is 9.38. The van der Waals surface area contributed by atoms with Crippen molar-refractivity contribution in [2.75, 3.05) is 4.90 Å². The van der Waals surface area contributed by atoms with Gasteiger partial charge in [-0.2, -0.15) is 0 Å². The lowest BCUT2D eigenvalue weighted by Gasteiger charge is -2.26. The van der Waals surface area contributed by atoms with E-state index in [1.165, 1.54) is 88.4 Å². The van der Waals surface area contributed by atoms with Crippen LogP contribution >= 0.6 is 34.0 Å². The molecule has 3 aromatic heterocycles. The normalized spacial score (nSPS) is 12.1. The molecular formula is C40H23NS3. The number of benzene rings is 7. The average Bonchev–Trinajstić information content (AvgIpc) is 3.75. The van der Waals surface area contributed by atoms with Crippen LogP contribution in [0.15, 0.2) is 140 Å². The Balaban J connectivity index is 1.24. The van der Waals surface area contributed by atoms with Gasteiger partial charge in [0.25, 0.3) is 0 Å². The van der Waals surface area contributed by atoms with Gasteiger partial charge in [-0.25, -0.2) is 0 Å². The highest BCUT2D eigenvalue weighted by molar-refractivity contribution is 7.26. The van der Waals surface area contributed by atoms with E-state index in [0.717, 1.165) is 0 Å². The number of rotatable bonds is 3. The highest BCUT2D eigenvalue weighted by Crippen LogP contribution is 2.45. The minimum Gasteiger partial charge on any atom is -0.310 e. The van der Waals surface area contributed by atoms with Crippen molar-refractivity contribution in [3.8, 4) is 0 Å². The molecule has 1 nitrogen and oxygen atoms in total. The molecule has 0 amide bonds. The summed E-state index contributed by atoms with van der Waals surface area (Å²) in [6.07, 6.45) is 0. The molecule has 0 fully saturated rings. The first-order valence-electron chi connectivity index (χ1n) is 14.8. The summed E-state index contributed by atoms with van der Waals surface area (Å²) in [6.45, 7) is 0. The molecule has 206 valence electrons. The van der Waals surface area contributed by atoms with Crippen molar-refractivity contribution in [2.45, 2.75) is 0 Å². The van der Waals surface area contributed by atoms with E-state index in [2.05, 4.69) is 144 Å². The minimum absolute atomic E-state index is 1.17. The second-order valence-electron chi connectivity index (χ2n) is 11.3. The molecule has 7 aromatic carbocycles. The van der Waals surface area contributed by atoms with Gasteiger partial charge < -0.3 is 4.90 Å². The molecule has 4 heteroatoms. The molecule has 44 heavy (non-hydrogen) atoms. The molecule has 0 unspecified atom stereocenters. The van der Waals surface area contributed by atoms with Gasteiger partial charge in [-0.1, -0.05) is 78.9 Å². The van der Waals surface area contributed by atoms with E-state index in [1.807, 2.05) is 34.0 Å². The highest BCUT2D eigenvalue weighted by Gasteiger charge is 2.18. The lowest BCUT2D eigenvalue weighted by atomic mass is 10.0. The van der Waals surface area contributed by atoms with Gasteiger partial charge in [-0.15, -0.1) is 34.0 Å². The summed E-state index contributed by atoms with van der Waals surface area (Å²) in [5.41, 5.74) is 3.51. The van der Waals surface area contributed by atoms with Gasteiger partial charge >= 0.3 is 0 Å². The van der Waals surface area contributed by atoms with Crippen LogP contribution in [-0.2, 0) is 0 Å². The van der Waals surface area contributed by atoms with Crippen molar-refractivity contribution >= 4 is 122 Å². The van der Waals surface area contributed by atoms with E-state index in [4.69, 9.17) is 0 Å². The summed E-state index contributed by atoms with van der Waals surface area (Å²) in [5.74, 6) is 0. The van der Waals surface area contributed by atoms with E-state index < -0.39 is 0 Å². The van der Waals surface area contributed by atoms with E-state index in [1.54, 1.807) is 0 Å². The van der Waals surface area contributed by atoms with Crippen molar-refractivity contribution in [3.05, 3.63) is 140 Å². The van der Waals surface area contributed by atoms with E-state index in [9.17, 15) is 0 Å². The first kappa shape index (κ1) is 24.7. The number of fused-ring (bicyclic) bond motifs is 11. The quantitative estimate of drug-likeness (QED) is 0.192. The summed E-state index contributed by atoms with van der Waals surface area (Å²) >= 11 is 5.63. The van der Waals surface area contributed by atoms with Crippen LogP contribution in [-0.4, -0.2) is 0 Å². The van der Waals surface area contributed by atoms with Crippen molar-refractivity contribution in [1.82, 2.24) is 0 Å². The second-order valence-corrected chi connectivity index (χ2v) is 14.6. The van der Waals surface area contributed by atoms with Gasteiger partial charge in [0.2, 0.25) is 0 Å². The number of anilines is 3. The molecule has 10 aromatic rings. The predicted molar refractivity (Wildman–Crippen MR) is 197 cm³/mol. The number of nitrogens with zero attached hydrogens (tertiary/aromatic N) is 1. The fourth-order valence-electron chi connectivity index (χ4n) is 6.82. The molecule has 0 bridgehead atoms. The Morgan fingerprint density at radius 2 is 0.773 bits per heavy atom. The predicted octanol–water partition coefficient (Wildman–Crippen LogP) is 13.4. The Labute approximate surface area is 265 Å². The molecule has 10 rings (SSSR count). The van der Waals surface area contributed by atoms with Gasteiger partial charge in [-0.3, -0.25) is 0 Å². The molecular weight excluding hydrogens is 591 g/mol. The summed E-state index contributed by atoms with van der Waals surface area (Å²) in [4.78, 5) is 2.44. The molecule has 0 aliphatic carbocycles. The zero-order chi connectivity index (χ0) is 28.8. The lowest BCUT2D eigenvalue weighted by Crippen LogP contribution is -2.09. The molecule has 0 saturated carbocycles. The third-order valence-electron chi connectivity index (χ3n) is 8.84. The molecule has 0 atom stereocenters. The summed E-state index contributed by atoms with van der Waals surface area (Å²) < 4.78 is 7.95. The Kier molecular flexibility index (Phi) is 5.26. The monoisotopic (exact) mass is 613 g/mol. The van der Waals surface area contributed by atoms with Gasteiger partial charge in [0.1, 0.15) is 0 Å². The van der Waals surface area contributed by atoms with Gasteiger partial charge in [0, 0.05) is 77.6 Å². The maximum Gasteiger partial charge on any atom is 0.0476 e. The summed E-state index contributed by atoms with van der Waals surface area (Å²) in [6, 6.07) is 51.8. The molecule has 3 heterocycles. The Morgan fingerprint density at radius 3 is 1.41 bits per heavy atom. The summed E-state index contributed by atoms with van der Waals surface area (Å²) in [5, 5.41) is 10.5. The van der Waals surface area contributed by atoms with Crippen molar-refractivity contribution < 1.29 is 0 Å². The maximum atomic E-state index is 2.44. The number of hydrogen-bond donors (Lipinski definition) is 0. The van der Waals surface area contributed by atoms with Gasteiger partial charge in [0.05, 0.1) is 0 Å². The van der Waals surface area contributed by atoms with Crippen LogP contribution in [0.1, 0.15) is 0 Å². The van der Waals surface area contributed by atoms with Crippen LogP contribution in [0, 0.1) is 0 Å². The fourth-order valence-corrected chi connectivity index (χ4v) is 10.2. The van der Waals surface area contributed by atoms with Crippen LogP contribution < -0.4 is 4.90 Å². The van der Waals surface area contributed by atoms with Gasteiger partial charge in [-0.05, 0) is 71.4 Å². The number of hydrogen-bond acceptors (Lipinski definition) is 4. The third-order valence-corrected chi connectivity index (χ3v) is 12.2. The van der Waals surface area contributed by atoms with Crippen LogP contribution in [0.3, 0.4) is 0 Å². The molecule has 0 saturated heterocycles. The Hall–Kier alpha value is -4.74. The Morgan fingerprint density at radius 1 is 0.318 bits per heavy atom. The smallest absolute Gasteiger partial charge is 0.0476 e. The fraction of sp³-hybridized carbons (Fsp3) is 0. The van der Waals surface area contributed by atoms with Crippen LogP contribution in [0.25, 0.3) is 71.3 Å². The first-order valence-corrected chi connectivity index (χ1v) is 17.2. The molecule has 0 aliphatic heterocycles. The average molecular weight is 614 g/mol. The van der Waals surface area contributed by atoms with Crippen molar-refractivity contribution in [1.29, 1.82) is 0 Å². The van der Waals surface area contributed by atoms with Crippen LogP contribution in [0.4, 0.5) is 17.1 Å². The standard InChI is InChI=1S/C40H23NS3/c1-4-10-34-28(7-1)30-18-16-26(22-38(30)43-34)41(27-17-19-31-29-8-2-5-11-35(29)44-39(31)23-27)25-15-13-24-14-20-37-40(33(24)21-25)32-9-3-6-12-36(32)42-37/h1-23H. The third kappa shape index (κ3) is 3.62. The molecule has 0 radical (unpaired) electrons. The number of thiophene rings is 3.